The fraction of sp³-hybridized carbons (Fsp3) is 0.667. The number of ether oxygens (including phenoxy) is 1. The van der Waals surface area contributed by atoms with Gasteiger partial charge in [-0.2, -0.15) is 11.8 Å². The second-order valence-electron chi connectivity index (χ2n) is 7.78. The van der Waals surface area contributed by atoms with Crippen LogP contribution in [0.2, 0.25) is 0 Å². The number of hydrogen-bond acceptors (Lipinski definition) is 4. The Morgan fingerprint density at radius 3 is 2.81 bits per heavy atom. The van der Waals surface area contributed by atoms with Gasteiger partial charge in [-0.1, -0.05) is 12.1 Å². The van der Waals surface area contributed by atoms with E-state index in [0.29, 0.717) is 23.8 Å². The van der Waals surface area contributed by atoms with Gasteiger partial charge in [0.2, 0.25) is 0 Å². The molecule has 1 N–H and O–H groups in total. The number of hydrogen-bond donors (Lipinski definition) is 1. The van der Waals surface area contributed by atoms with Crippen molar-refractivity contribution in [3.8, 4) is 5.75 Å². The van der Waals surface area contributed by atoms with Gasteiger partial charge in [0.1, 0.15) is 5.75 Å². The summed E-state index contributed by atoms with van der Waals surface area (Å²) in [5.74, 6) is 3.82. The van der Waals surface area contributed by atoms with Crippen LogP contribution in [0.25, 0.3) is 0 Å². The topological polar surface area (TPSA) is 41.6 Å². The normalized spacial score (nSPS) is 22.3. The molecule has 5 heteroatoms. The largest absolute Gasteiger partial charge is 0.492 e. The first-order valence-corrected chi connectivity index (χ1v) is 11.1. The summed E-state index contributed by atoms with van der Waals surface area (Å²) < 4.78 is 6.12. The maximum absolute atomic E-state index is 12.4. The molecule has 2 fully saturated rings. The zero-order chi connectivity index (χ0) is 18.4. The molecule has 0 bridgehead atoms. The van der Waals surface area contributed by atoms with E-state index >= 15 is 0 Å². The third-order valence-corrected chi connectivity index (χ3v) is 6.33. The van der Waals surface area contributed by atoms with Crippen molar-refractivity contribution in [2.45, 2.75) is 51.6 Å². The van der Waals surface area contributed by atoms with Crippen LogP contribution in [0.15, 0.2) is 24.3 Å². The molecule has 4 nitrogen and oxygen atoms in total. The molecule has 144 valence electrons. The molecule has 1 aromatic carbocycles. The van der Waals surface area contributed by atoms with Gasteiger partial charge in [-0.25, -0.2) is 0 Å². The number of piperidine rings is 1. The molecule has 1 amide bonds. The van der Waals surface area contributed by atoms with Gasteiger partial charge in [-0.3, -0.25) is 9.69 Å². The summed E-state index contributed by atoms with van der Waals surface area (Å²) in [6.45, 7) is 7.02. The van der Waals surface area contributed by atoms with Gasteiger partial charge < -0.3 is 10.1 Å². The van der Waals surface area contributed by atoms with Crippen molar-refractivity contribution in [3.63, 3.8) is 0 Å². The van der Waals surface area contributed by atoms with Crippen molar-refractivity contribution < 1.29 is 9.53 Å². The molecule has 3 rings (SSSR count). The minimum absolute atomic E-state index is 0.0550. The monoisotopic (exact) mass is 376 g/mol. The average Bonchev–Trinajstić information content (AvgIpc) is 2.67. The average molecular weight is 377 g/mol. The second kappa shape index (κ2) is 9.65. The van der Waals surface area contributed by atoms with Crippen molar-refractivity contribution in [2.24, 2.45) is 5.92 Å². The van der Waals surface area contributed by atoms with Gasteiger partial charge in [-0.15, -0.1) is 0 Å². The highest BCUT2D eigenvalue weighted by Crippen LogP contribution is 2.27. The molecule has 2 heterocycles. The number of rotatable bonds is 6. The Hall–Kier alpha value is -1.20. The number of carbonyl (C=O) groups excluding carboxylic acids is 1. The maximum Gasteiger partial charge on any atom is 0.255 e. The minimum Gasteiger partial charge on any atom is -0.492 e. The van der Waals surface area contributed by atoms with E-state index in [1.807, 2.05) is 38.1 Å². The van der Waals surface area contributed by atoms with Crippen LogP contribution in [0.3, 0.4) is 0 Å². The lowest BCUT2D eigenvalue weighted by Crippen LogP contribution is -2.45. The van der Waals surface area contributed by atoms with Crippen molar-refractivity contribution in [1.29, 1.82) is 0 Å². The first-order chi connectivity index (χ1) is 12.6. The summed E-state index contributed by atoms with van der Waals surface area (Å²) in [7, 11) is 0. The van der Waals surface area contributed by atoms with Gasteiger partial charge in [-0.05, 0) is 69.7 Å². The van der Waals surface area contributed by atoms with E-state index in [1.54, 1.807) is 0 Å². The van der Waals surface area contributed by atoms with Crippen LogP contribution in [0.4, 0.5) is 0 Å². The van der Waals surface area contributed by atoms with Crippen LogP contribution in [0, 0.1) is 5.92 Å². The van der Waals surface area contributed by atoms with E-state index in [2.05, 4.69) is 22.0 Å². The molecular weight excluding hydrogens is 344 g/mol. The fourth-order valence-corrected chi connectivity index (χ4v) is 5.02. The lowest BCUT2D eigenvalue weighted by atomic mass is 9.96. The Kier molecular flexibility index (Phi) is 7.26. The highest BCUT2D eigenvalue weighted by Gasteiger charge is 2.27. The Morgan fingerprint density at radius 2 is 2.04 bits per heavy atom. The quantitative estimate of drug-likeness (QED) is 0.820. The predicted octanol–water partition coefficient (Wildman–Crippen LogP) is 3.81. The van der Waals surface area contributed by atoms with Crippen LogP contribution < -0.4 is 10.1 Å². The number of likely N-dealkylation sites (tertiary alicyclic amines) is 1. The molecular formula is C21H32N2O2S. The number of amides is 1. The number of para-hydroxylation sites is 1. The SMILES string of the molecule is CC(C)NC(=O)c1ccccc1OCC1CCCN(C2CCSCC2)C1. The Balaban J connectivity index is 1.56. The molecule has 2 aliphatic rings. The van der Waals surface area contributed by atoms with Crippen LogP contribution in [0.1, 0.15) is 49.9 Å². The van der Waals surface area contributed by atoms with Gasteiger partial charge in [0.05, 0.1) is 12.2 Å². The third-order valence-electron chi connectivity index (χ3n) is 5.28. The van der Waals surface area contributed by atoms with Gasteiger partial charge in [0.25, 0.3) is 5.91 Å². The van der Waals surface area contributed by atoms with Gasteiger partial charge in [0, 0.05) is 24.5 Å². The van der Waals surface area contributed by atoms with Gasteiger partial charge >= 0.3 is 0 Å². The third kappa shape index (κ3) is 5.40. The predicted molar refractivity (Wildman–Crippen MR) is 109 cm³/mol. The number of nitrogens with zero attached hydrogens (tertiary/aromatic N) is 1. The summed E-state index contributed by atoms with van der Waals surface area (Å²) in [4.78, 5) is 15.1. The molecule has 1 unspecified atom stereocenters. The molecule has 26 heavy (non-hydrogen) atoms. The first-order valence-electron chi connectivity index (χ1n) is 9.98. The van der Waals surface area contributed by atoms with E-state index in [4.69, 9.17) is 4.74 Å². The van der Waals surface area contributed by atoms with E-state index in [-0.39, 0.29) is 11.9 Å². The number of thioether (sulfide) groups is 1. The van der Waals surface area contributed by atoms with E-state index < -0.39 is 0 Å². The first kappa shape index (κ1) is 19.6. The molecule has 0 aromatic heterocycles. The fourth-order valence-electron chi connectivity index (χ4n) is 3.94. The summed E-state index contributed by atoms with van der Waals surface area (Å²) in [5.41, 5.74) is 0.637. The molecule has 0 aliphatic carbocycles. The zero-order valence-corrected chi connectivity index (χ0v) is 16.9. The Morgan fingerprint density at radius 1 is 1.27 bits per heavy atom. The van der Waals surface area contributed by atoms with Crippen molar-refractivity contribution in [1.82, 2.24) is 10.2 Å². The van der Waals surface area contributed by atoms with Crippen LogP contribution >= 0.6 is 11.8 Å². The van der Waals surface area contributed by atoms with E-state index in [0.717, 1.165) is 12.6 Å². The van der Waals surface area contributed by atoms with Crippen LogP contribution in [-0.4, -0.2) is 54.1 Å². The summed E-state index contributed by atoms with van der Waals surface area (Å²) in [6, 6.07) is 8.48. The zero-order valence-electron chi connectivity index (χ0n) is 16.1. The Labute approximate surface area is 162 Å². The van der Waals surface area contributed by atoms with Crippen molar-refractivity contribution in [2.75, 3.05) is 31.2 Å². The van der Waals surface area contributed by atoms with Crippen molar-refractivity contribution in [3.05, 3.63) is 29.8 Å². The number of nitrogens with one attached hydrogen (secondary N) is 1. The highest BCUT2D eigenvalue weighted by atomic mass is 32.2. The smallest absolute Gasteiger partial charge is 0.255 e. The number of benzene rings is 1. The van der Waals surface area contributed by atoms with Crippen LogP contribution in [-0.2, 0) is 0 Å². The summed E-state index contributed by atoms with van der Waals surface area (Å²) >= 11 is 2.09. The maximum atomic E-state index is 12.4. The lowest BCUT2D eigenvalue weighted by Gasteiger charge is -2.39. The molecule has 2 saturated heterocycles. The van der Waals surface area contributed by atoms with E-state index in [1.165, 1.54) is 43.7 Å². The van der Waals surface area contributed by atoms with Gasteiger partial charge in [0.15, 0.2) is 0 Å². The molecule has 0 spiro atoms. The summed E-state index contributed by atoms with van der Waals surface area (Å²) in [6.07, 6.45) is 5.14. The van der Waals surface area contributed by atoms with Crippen LogP contribution in [0.5, 0.6) is 5.75 Å². The molecule has 0 saturated carbocycles. The second-order valence-corrected chi connectivity index (χ2v) is 9.01. The Bertz CT molecular complexity index is 587. The molecule has 1 aromatic rings. The number of carbonyl (C=O) groups is 1. The summed E-state index contributed by atoms with van der Waals surface area (Å²) in [5, 5.41) is 2.96. The van der Waals surface area contributed by atoms with E-state index in [9.17, 15) is 4.79 Å². The highest BCUT2D eigenvalue weighted by molar-refractivity contribution is 7.99. The molecule has 2 aliphatic heterocycles. The molecule has 1 atom stereocenters. The standard InChI is InChI=1S/C21H32N2O2S/c1-16(2)22-21(24)19-7-3-4-8-20(19)25-15-17-6-5-11-23(14-17)18-9-12-26-13-10-18/h3-4,7-8,16-18H,5-6,9-15H2,1-2H3,(H,22,24). The van der Waals surface area contributed by atoms with Crippen molar-refractivity contribution >= 4 is 17.7 Å². The molecule has 0 radical (unpaired) electrons. The lowest BCUT2D eigenvalue weighted by molar-refractivity contribution is 0.0879. The minimum atomic E-state index is -0.0550.